The largest absolute Gasteiger partial charge is 0.478 e. The minimum absolute atomic E-state index is 0.191. The van der Waals surface area contributed by atoms with Gasteiger partial charge in [-0.1, -0.05) is 35.5 Å². The highest BCUT2D eigenvalue weighted by molar-refractivity contribution is 5.88. The van der Waals surface area contributed by atoms with Crippen LogP contribution in [0, 0.1) is 19.7 Å². The maximum atomic E-state index is 13.9. The molecule has 29 heavy (non-hydrogen) atoms. The van der Waals surface area contributed by atoms with Crippen molar-refractivity contribution in [1.82, 2.24) is 10.1 Å². The van der Waals surface area contributed by atoms with E-state index in [9.17, 15) is 9.18 Å². The highest BCUT2D eigenvalue weighted by Gasteiger charge is 2.16. The fourth-order valence-electron chi connectivity index (χ4n) is 3.26. The Balaban J connectivity index is 1.67. The third kappa shape index (κ3) is 3.52. The first-order valence-corrected chi connectivity index (χ1v) is 8.98. The summed E-state index contributed by atoms with van der Waals surface area (Å²) in [6.07, 6.45) is 0. The lowest BCUT2D eigenvalue weighted by Crippen LogP contribution is -2.00. The molecule has 4 aromatic rings. The van der Waals surface area contributed by atoms with Crippen LogP contribution in [0.1, 0.15) is 21.5 Å². The SMILES string of the molecule is Cc1ccccc1-c1ccc(-c2nc(-c3ccc(C(=O)O)c(F)c3)no2)cc1C. The summed E-state index contributed by atoms with van der Waals surface area (Å²) in [5.74, 6) is -1.68. The minimum atomic E-state index is -1.33. The van der Waals surface area contributed by atoms with Gasteiger partial charge < -0.3 is 9.63 Å². The Morgan fingerprint density at radius 3 is 2.34 bits per heavy atom. The van der Waals surface area contributed by atoms with Gasteiger partial charge in [0.15, 0.2) is 0 Å². The molecule has 5 nitrogen and oxygen atoms in total. The second-order valence-electron chi connectivity index (χ2n) is 6.77. The summed E-state index contributed by atoms with van der Waals surface area (Å²) in [5.41, 5.74) is 5.23. The number of aromatic nitrogens is 2. The van der Waals surface area contributed by atoms with Gasteiger partial charge in [0.1, 0.15) is 5.82 Å². The number of carbonyl (C=O) groups is 1. The number of carboxylic acid groups (broad SMARTS) is 1. The Hall–Kier alpha value is -3.80. The fourth-order valence-corrected chi connectivity index (χ4v) is 3.26. The third-order valence-electron chi connectivity index (χ3n) is 4.79. The molecule has 4 rings (SSSR count). The van der Waals surface area contributed by atoms with Gasteiger partial charge in [0.2, 0.25) is 5.82 Å². The first kappa shape index (κ1) is 18.6. The zero-order valence-electron chi connectivity index (χ0n) is 15.8. The molecule has 0 atom stereocenters. The quantitative estimate of drug-likeness (QED) is 0.498. The van der Waals surface area contributed by atoms with Gasteiger partial charge in [-0.25, -0.2) is 9.18 Å². The van der Waals surface area contributed by atoms with E-state index in [1.807, 2.05) is 37.3 Å². The van der Waals surface area contributed by atoms with Crippen LogP contribution < -0.4 is 0 Å². The van der Waals surface area contributed by atoms with E-state index in [1.54, 1.807) is 0 Å². The fraction of sp³-hybridized carbons (Fsp3) is 0.0870. The number of carboxylic acids is 1. The van der Waals surface area contributed by atoms with E-state index in [-0.39, 0.29) is 5.82 Å². The van der Waals surface area contributed by atoms with Crippen LogP contribution in [0.2, 0.25) is 0 Å². The van der Waals surface area contributed by atoms with E-state index in [2.05, 4.69) is 29.2 Å². The lowest BCUT2D eigenvalue weighted by Gasteiger charge is -2.10. The average Bonchev–Trinajstić information content (AvgIpc) is 3.18. The number of hydrogen-bond donors (Lipinski definition) is 1. The molecule has 3 aromatic carbocycles. The van der Waals surface area contributed by atoms with Gasteiger partial charge in [0.05, 0.1) is 5.56 Å². The summed E-state index contributed by atoms with van der Waals surface area (Å²) in [4.78, 5) is 15.3. The van der Waals surface area contributed by atoms with Gasteiger partial charge in [-0.3, -0.25) is 0 Å². The summed E-state index contributed by atoms with van der Waals surface area (Å²) in [5, 5.41) is 12.8. The predicted molar refractivity (Wildman–Crippen MR) is 107 cm³/mol. The van der Waals surface area contributed by atoms with E-state index in [1.165, 1.54) is 17.7 Å². The van der Waals surface area contributed by atoms with Crippen molar-refractivity contribution in [3.05, 3.63) is 83.2 Å². The highest BCUT2D eigenvalue weighted by atomic mass is 19.1. The maximum absolute atomic E-state index is 13.9. The molecule has 1 aromatic heterocycles. The summed E-state index contributed by atoms with van der Waals surface area (Å²) >= 11 is 0. The monoisotopic (exact) mass is 388 g/mol. The van der Waals surface area contributed by atoms with Crippen LogP contribution in [0.15, 0.2) is 65.2 Å². The molecule has 0 fully saturated rings. The van der Waals surface area contributed by atoms with Crippen molar-refractivity contribution in [1.29, 1.82) is 0 Å². The summed E-state index contributed by atoms with van der Waals surface area (Å²) in [6, 6.07) is 17.8. The molecule has 0 radical (unpaired) electrons. The molecule has 1 heterocycles. The molecule has 0 saturated heterocycles. The first-order chi connectivity index (χ1) is 13.9. The van der Waals surface area contributed by atoms with Crippen LogP contribution in [-0.2, 0) is 0 Å². The lowest BCUT2D eigenvalue weighted by molar-refractivity contribution is 0.0692. The molecule has 0 aliphatic carbocycles. The summed E-state index contributed by atoms with van der Waals surface area (Å²) < 4.78 is 19.3. The second kappa shape index (κ2) is 7.31. The lowest BCUT2D eigenvalue weighted by atomic mass is 9.95. The van der Waals surface area contributed by atoms with Crippen LogP contribution in [0.4, 0.5) is 4.39 Å². The highest BCUT2D eigenvalue weighted by Crippen LogP contribution is 2.30. The molecule has 6 heteroatoms. The summed E-state index contributed by atoms with van der Waals surface area (Å²) in [7, 11) is 0. The normalized spacial score (nSPS) is 10.9. The molecular formula is C23H17FN2O3. The van der Waals surface area contributed by atoms with Crippen LogP contribution in [0.3, 0.4) is 0 Å². The number of nitrogens with zero attached hydrogens (tertiary/aromatic N) is 2. The van der Waals surface area contributed by atoms with Crippen molar-refractivity contribution in [2.45, 2.75) is 13.8 Å². The zero-order valence-corrected chi connectivity index (χ0v) is 15.8. The topological polar surface area (TPSA) is 76.2 Å². The molecule has 1 N–H and O–H groups in total. The first-order valence-electron chi connectivity index (χ1n) is 8.98. The number of aromatic carboxylic acids is 1. The van der Waals surface area contributed by atoms with Gasteiger partial charge in [-0.2, -0.15) is 4.98 Å². The van der Waals surface area contributed by atoms with Gasteiger partial charge in [-0.15, -0.1) is 0 Å². The number of halogens is 1. The Morgan fingerprint density at radius 2 is 1.66 bits per heavy atom. The van der Waals surface area contributed by atoms with Crippen LogP contribution in [0.25, 0.3) is 34.0 Å². The standard InChI is InChI=1S/C23H17FN2O3/c1-13-5-3-4-6-17(13)18-9-8-16(11-14(18)2)22-25-21(26-29-22)15-7-10-19(23(27)28)20(24)12-15/h3-12H,1-2H3,(H,27,28). The number of rotatable bonds is 4. The van der Waals surface area contributed by atoms with Crippen LogP contribution in [-0.4, -0.2) is 21.2 Å². The predicted octanol–water partition coefficient (Wildman–Crippen LogP) is 5.52. The van der Waals surface area contributed by atoms with Gasteiger partial charge in [-0.05, 0) is 66.4 Å². The Morgan fingerprint density at radius 1 is 0.931 bits per heavy atom. The molecule has 0 aliphatic rings. The molecular weight excluding hydrogens is 371 g/mol. The molecule has 0 aliphatic heterocycles. The smallest absolute Gasteiger partial charge is 0.338 e. The van der Waals surface area contributed by atoms with E-state index in [0.29, 0.717) is 11.5 Å². The third-order valence-corrected chi connectivity index (χ3v) is 4.79. The van der Waals surface area contributed by atoms with Crippen LogP contribution in [0.5, 0.6) is 0 Å². The maximum Gasteiger partial charge on any atom is 0.338 e. The molecule has 0 spiro atoms. The molecule has 144 valence electrons. The van der Waals surface area contributed by atoms with Gasteiger partial charge >= 0.3 is 5.97 Å². The van der Waals surface area contributed by atoms with Crippen molar-refractivity contribution in [3.8, 4) is 34.0 Å². The Kier molecular flexibility index (Phi) is 4.68. The average molecular weight is 388 g/mol. The summed E-state index contributed by atoms with van der Waals surface area (Å²) in [6.45, 7) is 4.09. The number of benzene rings is 3. The van der Waals surface area contributed by atoms with E-state index < -0.39 is 17.3 Å². The van der Waals surface area contributed by atoms with Crippen molar-refractivity contribution < 1.29 is 18.8 Å². The van der Waals surface area contributed by atoms with Crippen molar-refractivity contribution in [2.75, 3.05) is 0 Å². The van der Waals surface area contributed by atoms with Crippen molar-refractivity contribution in [3.63, 3.8) is 0 Å². The van der Waals surface area contributed by atoms with E-state index >= 15 is 0 Å². The second-order valence-corrected chi connectivity index (χ2v) is 6.77. The van der Waals surface area contributed by atoms with Gasteiger partial charge in [0, 0.05) is 11.1 Å². The Bertz CT molecular complexity index is 1230. The molecule has 0 unspecified atom stereocenters. The Labute approximate surface area is 166 Å². The number of hydrogen-bond acceptors (Lipinski definition) is 4. The van der Waals surface area contributed by atoms with Crippen LogP contribution >= 0.6 is 0 Å². The molecule has 0 saturated carbocycles. The van der Waals surface area contributed by atoms with Crippen molar-refractivity contribution >= 4 is 5.97 Å². The van der Waals surface area contributed by atoms with Crippen molar-refractivity contribution in [2.24, 2.45) is 0 Å². The molecule has 0 amide bonds. The molecule has 0 bridgehead atoms. The minimum Gasteiger partial charge on any atom is -0.478 e. The van der Waals surface area contributed by atoms with E-state index in [4.69, 9.17) is 9.63 Å². The zero-order chi connectivity index (χ0) is 20.5. The number of aryl methyl sites for hydroxylation is 2. The van der Waals surface area contributed by atoms with E-state index in [0.717, 1.165) is 28.3 Å². The van der Waals surface area contributed by atoms with Gasteiger partial charge in [0.25, 0.3) is 5.89 Å².